The Labute approximate surface area is 107 Å². The molecular formula is C14H18FN3. The summed E-state index contributed by atoms with van der Waals surface area (Å²) in [6.07, 6.45) is 2.64. The summed E-state index contributed by atoms with van der Waals surface area (Å²) < 4.78 is 13.1. The topological polar surface area (TPSA) is 39.1 Å². The Bertz CT molecular complexity index is 449. The maximum Gasteiger partial charge on any atom is 0.140 e. The molecule has 0 aromatic heterocycles. The largest absolute Gasteiger partial charge is 0.311 e. The maximum absolute atomic E-state index is 13.1. The van der Waals surface area contributed by atoms with Gasteiger partial charge in [-0.3, -0.25) is 0 Å². The van der Waals surface area contributed by atoms with E-state index < -0.39 is 5.82 Å². The standard InChI is InChI=1S/C14H18FN3/c1-18(13-3-4-13)7-6-17-10-11-2-5-14(15)12(8-11)9-16/h2,5,8,13,17H,3-4,6-7,10H2,1H3. The van der Waals surface area contributed by atoms with Crippen molar-refractivity contribution in [3.05, 3.63) is 35.1 Å². The van der Waals surface area contributed by atoms with Gasteiger partial charge in [-0.15, -0.1) is 0 Å². The molecule has 0 atom stereocenters. The van der Waals surface area contributed by atoms with Crippen LogP contribution in [0, 0.1) is 17.1 Å². The molecule has 1 N–H and O–H groups in total. The molecule has 1 fully saturated rings. The average Bonchev–Trinajstić information content (AvgIpc) is 3.20. The zero-order valence-electron chi connectivity index (χ0n) is 10.6. The molecule has 0 radical (unpaired) electrons. The molecule has 1 aliphatic carbocycles. The van der Waals surface area contributed by atoms with Crippen molar-refractivity contribution in [2.24, 2.45) is 0 Å². The zero-order chi connectivity index (χ0) is 13.0. The SMILES string of the molecule is CN(CCNCc1ccc(F)c(C#N)c1)C1CC1. The summed E-state index contributed by atoms with van der Waals surface area (Å²) in [6, 6.07) is 7.31. The van der Waals surface area contributed by atoms with Crippen molar-refractivity contribution in [2.45, 2.75) is 25.4 Å². The predicted octanol–water partition coefficient (Wildman–Crippen LogP) is 1.88. The lowest BCUT2D eigenvalue weighted by Gasteiger charge is -2.15. The lowest BCUT2D eigenvalue weighted by molar-refractivity contribution is 0.321. The Hall–Kier alpha value is -1.44. The smallest absolute Gasteiger partial charge is 0.140 e. The summed E-state index contributed by atoms with van der Waals surface area (Å²) in [4.78, 5) is 2.36. The van der Waals surface area contributed by atoms with Gasteiger partial charge >= 0.3 is 0 Å². The first-order chi connectivity index (χ1) is 8.70. The first kappa shape index (κ1) is 13.0. The normalized spacial score (nSPS) is 14.8. The predicted molar refractivity (Wildman–Crippen MR) is 68.5 cm³/mol. The van der Waals surface area contributed by atoms with E-state index in [0.717, 1.165) is 24.7 Å². The van der Waals surface area contributed by atoms with E-state index in [9.17, 15) is 4.39 Å². The van der Waals surface area contributed by atoms with Crippen LogP contribution in [0.5, 0.6) is 0 Å². The molecule has 2 rings (SSSR count). The van der Waals surface area contributed by atoms with Gasteiger partial charge in [0, 0.05) is 25.7 Å². The second kappa shape index (κ2) is 5.94. The maximum atomic E-state index is 13.1. The molecule has 0 spiro atoms. The van der Waals surface area contributed by atoms with E-state index in [1.165, 1.54) is 18.9 Å². The van der Waals surface area contributed by atoms with Gasteiger partial charge in [-0.05, 0) is 37.6 Å². The van der Waals surface area contributed by atoms with E-state index in [2.05, 4.69) is 17.3 Å². The van der Waals surface area contributed by atoms with E-state index in [1.807, 2.05) is 6.07 Å². The first-order valence-corrected chi connectivity index (χ1v) is 6.30. The molecular weight excluding hydrogens is 229 g/mol. The van der Waals surface area contributed by atoms with Gasteiger partial charge in [0.05, 0.1) is 5.56 Å². The molecule has 1 aliphatic rings. The van der Waals surface area contributed by atoms with Gasteiger partial charge < -0.3 is 10.2 Å². The molecule has 1 aromatic rings. The number of hydrogen-bond donors (Lipinski definition) is 1. The first-order valence-electron chi connectivity index (χ1n) is 6.30. The number of rotatable bonds is 6. The van der Waals surface area contributed by atoms with Crippen LogP contribution in [0.3, 0.4) is 0 Å². The molecule has 0 amide bonds. The number of halogens is 1. The zero-order valence-corrected chi connectivity index (χ0v) is 10.6. The monoisotopic (exact) mass is 247 g/mol. The second-order valence-corrected chi connectivity index (χ2v) is 4.81. The number of hydrogen-bond acceptors (Lipinski definition) is 3. The molecule has 1 saturated carbocycles. The van der Waals surface area contributed by atoms with Crippen molar-refractivity contribution in [2.75, 3.05) is 20.1 Å². The number of nitriles is 1. The van der Waals surface area contributed by atoms with Crippen molar-refractivity contribution < 1.29 is 4.39 Å². The van der Waals surface area contributed by atoms with Crippen molar-refractivity contribution in [1.82, 2.24) is 10.2 Å². The van der Waals surface area contributed by atoms with Crippen LogP contribution >= 0.6 is 0 Å². The van der Waals surface area contributed by atoms with Gasteiger partial charge in [-0.25, -0.2) is 4.39 Å². The van der Waals surface area contributed by atoms with E-state index in [1.54, 1.807) is 12.1 Å². The Morgan fingerprint density at radius 2 is 2.28 bits per heavy atom. The summed E-state index contributed by atoms with van der Waals surface area (Å²) in [7, 11) is 2.14. The van der Waals surface area contributed by atoms with Gasteiger partial charge in [0.1, 0.15) is 11.9 Å². The highest BCUT2D eigenvalue weighted by atomic mass is 19.1. The van der Waals surface area contributed by atoms with E-state index in [-0.39, 0.29) is 5.56 Å². The van der Waals surface area contributed by atoms with E-state index in [4.69, 9.17) is 5.26 Å². The average molecular weight is 247 g/mol. The van der Waals surface area contributed by atoms with Gasteiger partial charge in [-0.2, -0.15) is 5.26 Å². The van der Waals surface area contributed by atoms with E-state index >= 15 is 0 Å². The van der Waals surface area contributed by atoms with Crippen LogP contribution in [-0.2, 0) is 6.54 Å². The molecule has 1 aromatic carbocycles. The lowest BCUT2D eigenvalue weighted by atomic mass is 10.1. The summed E-state index contributed by atoms with van der Waals surface area (Å²) in [5, 5.41) is 12.1. The molecule has 0 saturated heterocycles. The third-order valence-corrected chi connectivity index (χ3v) is 3.29. The molecule has 0 aliphatic heterocycles. The Morgan fingerprint density at radius 3 is 2.94 bits per heavy atom. The molecule has 18 heavy (non-hydrogen) atoms. The fourth-order valence-corrected chi connectivity index (χ4v) is 1.95. The molecule has 0 unspecified atom stereocenters. The van der Waals surface area contributed by atoms with Gasteiger partial charge in [0.2, 0.25) is 0 Å². The number of likely N-dealkylation sites (N-methyl/N-ethyl adjacent to an activating group) is 1. The highest BCUT2D eigenvalue weighted by molar-refractivity contribution is 5.34. The second-order valence-electron chi connectivity index (χ2n) is 4.81. The van der Waals surface area contributed by atoms with Gasteiger partial charge in [-0.1, -0.05) is 6.07 Å². The Kier molecular flexibility index (Phi) is 4.29. The molecule has 0 heterocycles. The molecule has 3 nitrogen and oxygen atoms in total. The van der Waals surface area contributed by atoms with Crippen molar-refractivity contribution in [3.63, 3.8) is 0 Å². The van der Waals surface area contributed by atoms with Crippen molar-refractivity contribution in [1.29, 1.82) is 5.26 Å². The minimum Gasteiger partial charge on any atom is -0.311 e. The lowest BCUT2D eigenvalue weighted by Crippen LogP contribution is -2.30. The Balaban J connectivity index is 1.74. The number of nitrogens with zero attached hydrogens (tertiary/aromatic N) is 2. The summed E-state index contributed by atoms with van der Waals surface area (Å²) >= 11 is 0. The van der Waals surface area contributed by atoms with Crippen molar-refractivity contribution in [3.8, 4) is 6.07 Å². The Morgan fingerprint density at radius 1 is 1.50 bits per heavy atom. The van der Waals surface area contributed by atoms with Crippen LogP contribution in [0.1, 0.15) is 24.0 Å². The summed E-state index contributed by atoms with van der Waals surface area (Å²) in [6.45, 7) is 2.61. The van der Waals surface area contributed by atoms with Crippen LogP contribution in [0.15, 0.2) is 18.2 Å². The highest BCUT2D eigenvalue weighted by Crippen LogP contribution is 2.24. The van der Waals surface area contributed by atoms with Gasteiger partial charge in [0.25, 0.3) is 0 Å². The minimum absolute atomic E-state index is 0.115. The van der Waals surface area contributed by atoms with Crippen LogP contribution < -0.4 is 5.32 Å². The third-order valence-electron chi connectivity index (χ3n) is 3.29. The minimum atomic E-state index is -0.449. The molecule has 0 bridgehead atoms. The molecule has 96 valence electrons. The fourth-order valence-electron chi connectivity index (χ4n) is 1.95. The van der Waals surface area contributed by atoms with Gasteiger partial charge in [0.15, 0.2) is 0 Å². The highest BCUT2D eigenvalue weighted by Gasteiger charge is 2.25. The third kappa shape index (κ3) is 3.52. The number of benzene rings is 1. The quantitative estimate of drug-likeness (QED) is 0.780. The van der Waals surface area contributed by atoms with Crippen LogP contribution in [-0.4, -0.2) is 31.1 Å². The number of nitrogens with one attached hydrogen (secondary N) is 1. The van der Waals surface area contributed by atoms with Crippen LogP contribution in [0.25, 0.3) is 0 Å². The summed E-state index contributed by atoms with van der Waals surface area (Å²) in [5.41, 5.74) is 1.06. The van der Waals surface area contributed by atoms with E-state index in [0.29, 0.717) is 6.54 Å². The molecule has 4 heteroatoms. The fraction of sp³-hybridized carbons (Fsp3) is 0.500. The van der Waals surface area contributed by atoms with Crippen LogP contribution in [0.2, 0.25) is 0 Å². The van der Waals surface area contributed by atoms with Crippen LogP contribution in [0.4, 0.5) is 4.39 Å². The van der Waals surface area contributed by atoms with Crippen molar-refractivity contribution >= 4 is 0 Å². The summed E-state index contributed by atoms with van der Waals surface area (Å²) in [5.74, 6) is -0.449.